The van der Waals surface area contributed by atoms with Crippen LogP contribution in [0.4, 0.5) is 0 Å². The summed E-state index contributed by atoms with van der Waals surface area (Å²) in [6, 6.07) is 0. The molecule has 0 aromatic heterocycles. The van der Waals surface area contributed by atoms with Gasteiger partial charge in [-0.05, 0) is 6.42 Å². The summed E-state index contributed by atoms with van der Waals surface area (Å²) in [5, 5.41) is 5.40. The third kappa shape index (κ3) is 9.28. The average molecular weight is 369 g/mol. The molecule has 0 saturated heterocycles. The summed E-state index contributed by atoms with van der Waals surface area (Å²) in [6.07, 6.45) is 3.58. The van der Waals surface area contributed by atoms with Crippen LogP contribution in [0.1, 0.15) is 26.2 Å². The van der Waals surface area contributed by atoms with E-state index in [2.05, 4.69) is 10.6 Å². The Bertz CT molecular complexity index is 503. The van der Waals surface area contributed by atoms with Crippen LogP contribution >= 0.6 is 0 Å². The first-order chi connectivity index (χ1) is 12.5. The minimum Gasteiger partial charge on any atom is -0.377 e. The Morgan fingerprint density at radius 2 is 1.46 bits per heavy atom. The highest BCUT2D eigenvalue weighted by Gasteiger charge is 2.22. The molecule has 0 aliphatic carbocycles. The van der Waals surface area contributed by atoms with Crippen molar-refractivity contribution >= 4 is 23.6 Å². The maximum atomic E-state index is 11.6. The molecule has 1 aliphatic rings. The highest BCUT2D eigenvalue weighted by Crippen LogP contribution is 2.05. The molecule has 0 saturated carbocycles. The van der Waals surface area contributed by atoms with E-state index in [0.717, 1.165) is 4.90 Å². The van der Waals surface area contributed by atoms with Crippen molar-refractivity contribution in [1.82, 2.24) is 15.5 Å². The molecule has 26 heavy (non-hydrogen) atoms. The van der Waals surface area contributed by atoms with Crippen LogP contribution in [-0.4, -0.2) is 74.6 Å². The number of hydrogen-bond donors (Lipinski definition) is 2. The lowest BCUT2D eigenvalue weighted by atomic mass is 10.3. The second kappa shape index (κ2) is 13.0. The molecule has 0 atom stereocenters. The third-order valence-corrected chi connectivity index (χ3v) is 3.52. The molecule has 4 amide bonds. The first-order valence-electron chi connectivity index (χ1n) is 8.77. The number of carbonyl (C=O) groups excluding carboxylic acids is 4. The van der Waals surface area contributed by atoms with Crippen LogP contribution in [0.25, 0.3) is 0 Å². The van der Waals surface area contributed by atoms with E-state index in [1.807, 2.05) is 0 Å². The zero-order chi connectivity index (χ0) is 19.2. The summed E-state index contributed by atoms with van der Waals surface area (Å²) in [5.41, 5.74) is 0. The van der Waals surface area contributed by atoms with Crippen molar-refractivity contribution in [3.8, 4) is 0 Å². The molecular formula is C17H27N3O6. The minimum absolute atomic E-state index is 0.00381. The summed E-state index contributed by atoms with van der Waals surface area (Å²) in [7, 11) is 0. The van der Waals surface area contributed by atoms with Crippen molar-refractivity contribution in [3.05, 3.63) is 12.2 Å². The number of hydrogen-bond acceptors (Lipinski definition) is 6. The van der Waals surface area contributed by atoms with Gasteiger partial charge in [0.05, 0.1) is 26.4 Å². The molecule has 1 aliphatic heterocycles. The molecule has 0 unspecified atom stereocenters. The van der Waals surface area contributed by atoms with Crippen molar-refractivity contribution in [1.29, 1.82) is 0 Å². The van der Waals surface area contributed by atoms with Gasteiger partial charge >= 0.3 is 0 Å². The highest BCUT2D eigenvalue weighted by atomic mass is 16.5. The number of amides is 4. The lowest BCUT2D eigenvalue weighted by Gasteiger charge is -2.13. The van der Waals surface area contributed by atoms with Gasteiger partial charge in [0.1, 0.15) is 0 Å². The molecule has 0 fully saturated rings. The largest absolute Gasteiger partial charge is 0.377 e. The number of ether oxygens (including phenoxy) is 2. The van der Waals surface area contributed by atoms with Crippen LogP contribution in [0.3, 0.4) is 0 Å². The van der Waals surface area contributed by atoms with Crippen molar-refractivity contribution < 1.29 is 28.7 Å². The van der Waals surface area contributed by atoms with Crippen molar-refractivity contribution in [2.24, 2.45) is 0 Å². The van der Waals surface area contributed by atoms with E-state index in [1.165, 1.54) is 12.2 Å². The summed E-state index contributed by atoms with van der Waals surface area (Å²) in [5.74, 6) is -0.822. The van der Waals surface area contributed by atoms with E-state index >= 15 is 0 Å². The van der Waals surface area contributed by atoms with Gasteiger partial charge < -0.3 is 20.1 Å². The van der Waals surface area contributed by atoms with Gasteiger partial charge in [-0.1, -0.05) is 6.92 Å². The maximum Gasteiger partial charge on any atom is 0.253 e. The van der Waals surface area contributed by atoms with Gasteiger partial charge in [-0.25, -0.2) is 0 Å². The van der Waals surface area contributed by atoms with E-state index in [0.29, 0.717) is 52.4 Å². The molecule has 9 nitrogen and oxygen atoms in total. The van der Waals surface area contributed by atoms with E-state index in [4.69, 9.17) is 9.47 Å². The molecule has 1 heterocycles. The predicted molar refractivity (Wildman–Crippen MR) is 93.0 cm³/mol. The zero-order valence-electron chi connectivity index (χ0n) is 15.1. The molecule has 0 aromatic carbocycles. The molecule has 2 N–H and O–H groups in total. The first kappa shape index (κ1) is 21.8. The molecule has 0 radical (unpaired) electrons. The van der Waals surface area contributed by atoms with Crippen LogP contribution in [0.15, 0.2) is 12.2 Å². The second-order valence-corrected chi connectivity index (χ2v) is 5.54. The molecule has 1 rings (SSSR count). The van der Waals surface area contributed by atoms with Crippen molar-refractivity contribution in [2.75, 3.05) is 46.1 Å². The SMILES string of the molecule is CCC(=O)NCCOCCOCCNC(=O)CCCN1C(=O)C=CC1=O. The molecule has 0 bridgehead atoms. The van der Waals surface area contributed by atoms with Gasteiger partial charge in [0.2, 0.25) is 11.8 Å². The summed E-state index contributed by atoms with van der Waals surface area (Å²) >= 11 is 0. The average Bonchev–Trinajstić information content (AvgIpc) is 2.94. The topological polar surface area (TPSA) is 114 Å². The fourth-order valence-electron chi connectivity index (χ4n) is 2.11. The van der Waals surface area contributed by atoms with Crippen LogP contribution in [-0.2, 0) is 28.7 Å². The number of carbonyl (C=O) groups is 4. The minimum atomic E-state index is -0.334. The summed E-state index contributed by atoms with van der Waals surface area (Å²) in [4.78, 5) is 46.4. The first-order valence-corrected chi connectivity index (χ1v) is 8.77. The monoisotopic (exact) mass is 369 g/mol. The van der Waals surface area contributed by atoms with E-state index in [9.17, 15) is 19.2 Å². The third-order valence-electron chi connectivity index (χ3n) is 3.52. The lowest BCUT2D eigenvalue weighted by Crippen LogP contribution is -2.32. The number of imide groups is 1. The molecule has 0 aromatic rings. The predicted octanol–water partition coefficient (Wildman–Crippen LogP) is -0.633. The Balaban J connectivity index is 1.87. The van der Waals surface area contributed by atoms with Gasteiger partial charge in [0.15, 0.2) is 0 Å². The fourth-order valence-corrected chi connectivity index (χ4v) is 2.11. The van der Waals surface area contributed by atoms with Crippen LogP contribution in [0.2, 0.25) is 0 Å². The van der Waals surface area contributed by atoms with E-state index in [-0.39, 0.29) is 36.6 Å². The standard InChI is InChI=1S/C17H27N3O6/c1-2-14(21)18-7-10-25-12-13-26-11-8-19-15(22)4-3-9-20-16(23)5-6-17(20)24/h5-6H,2-4,7-13H2,1H3,(H,18,21)(H,19,22). The summed E-state index contributed by atoms with van der Waals surface area (Å²) < 4.78 is 10.6. The Labute approximate surface area is 153 Å². The van der Waals surface area contributed by atoms with Gasteiger partial charge in [0, 0.05) is 44.6 Å². The number of nitrogens with zero attached hydrogens (tertiary/aromatic N) is 1. The van der Waals surface area contributed by atoms with Crippen molar-refractivity contribution in [2.45, 2.75) is 26.2 Å². The smallest absolute Gasteiger partial charge is 0.253 e. The van der Waals surface area contributed by atoms with Gasteiger partial charge in [-0.3, -0.25) is 24.1 Å². The van der Waals surface area contributed by atoms with Gasteiger partial charge in [-0.2, -0.15) is 0 Å². The quantitative estimate of drug-likeness (QED) is 0.311. The number of nitrogens with one attached hydrogen (secondary N) is 2. The summed E-state index contributed by atoms with van der Waals surface area (Å²) in [6.45, 7) is 4.52. The molecule has 9 heteroatoms. The van der Waals surface area contributed by atoms with Crippen LogP contribution in [0, 0.1) is 0 Å². The molecule has 146 valence electrons. The zero-order valence-corrected chi connectivity index (χ0v) is 15.1. The normalized spacial score (nSPS) is 13.3. The lowest BCUT2D eigenvalue weighted by molar-refractivity contribution is -0.137. The van der Waals surface area contributed by atoms with E-state index < -0.39 is 0 Å². The van der Waals surface area contributed by atoms with Gasteiger partial charge in [-0.15, -0.1) is 0 Å². The Hall–Kier alpha value is -2.26. The van der Waals surface area contributed by atoms with Gasteiger partial charge in [0.25, 0.3) is 11.8 Å². The van der Waals surface area contributed by atoms with E-state index in [1.54, 1.807) is 6.92 Å². The Morgan fingerprint density at radius 3 is 2.00 bits per heavy atom. The molecular weight excluding hydrogens is 342 g/mol. The highest BCUT2D eigenvalue weighted by molar-refractivity contribution is 6.12. The van der Waals surface area contributed by atoms with Crippen molar-refractivity contribution in [3.63, 3.8) is 0 Å². The Morgan fingerprint density at radius 1 is 0.923 bits per heavy atom. The fraction of sp³-hybridized carbons (Fsp3) is 0.647. The van der Waals surface area contributed by atoms with Crippen LogP contribution in [0.5, 0.6) is 0 Å². The second-order valence-electron chi connectivity index (χ2n) is 5.54. The molecule has 0 spiro atoms. The Kier molecular flexibility index (Phi) is 10.9. The number of rotatable bonds is 14. The van der Waals surface area contributed by atoms with Crippen LogP contribution < -0.4 is 10.6 Å². The maximum absolute atomic E-state index is 11.6.